The van der Waals surface area contributed by atoms with Gasteiger partial charge in [0.15, 0.2) is 0 Å². The standard InChI is InChI=1S/C14H12BrFN2O/c1-8-2-3-13(12(17)4-8)18-14(19)9-5-10(15)7-11(16)6-9/h2-7H,17H2,1H3,(H,18,19). The molecule has 2 aromatic rings. The molecule has 5 heteroatoms. The predicted octanol–water partition coefficient (Wildman–Crippen LogP) is 3.73. The summed E-state index contributed by atoms with van der Waals surface area (Å²) in [5.41, 5.74) is 8.03. The van der Waals surface area contributed by atoms with Crippen molar-refractivity contribution in [3.05, 3.63) is 57.8 Å². The molecule has 2 rings (SSSR count). The summed E-state index contributed by atoms with van der Waals surface area (Å²) in [5, 5.41) is 2.66. The van der Waals surface area contributed by atoms with Crippen molar-refractivity contribution < 1.29 is 9.18 Å². The van der Waals surface area contributed by atoms with Gasteiger partial charge in [0.05, 0.1) is 11.4 Å². The Labute approximate surface area is 118 Å². The summed E-state index contributed by atoms with van der Waals surface area (Å²) in [5.74, 6) is -0.882. The molecule has 0 heterocycles. The van der Waals surface area contributed by atoms with Crippen LogP contribution >= 0.6 is 15.9 Å². The molecular formula is C14H12BrFN2O. The van der Waals surface area contributed by atoms with Gasteiger partial charge in [-0.15, -0.1) is 0 Å². The second-order valence-electron chi connectivity index (χ2n) is 4.20. The zero-order valence-corrected chi connectivity index (χ0v) is 11.8. The lowest BCUT2D eigenvalue weighted by Crippen LogP contribution is -2.13. The van der Waals surface area contributed by atoms with Gasteiger partial charge in [0.2, 0.25) is 0 Å². The van der Waals surface area contributed by atoms with E-state index in [-0.39, 0.29) is 5.56 Å². The Kier molecular flexibility index (Phi) is 3.85. The highest BCUT2D eigenvalue weighted by molar-refractivity contribution is 9.10. The molecule has 0 aromatic heterocycles. The third-order valence-corrected chi connectivity index (χ3v) is 3.04. The van der Waals surface area contributed by atoms with Crippen LogP contribution in [-0.2, 0) is 0 Å². The number of rotatable bonds is 2. The average molecular weight is 323 g/mol. The van der Waals surface area contributed by atoms with Crippen molar-refractivity contribution in [3.63, 3.8) is 0 Å². The number of hydrogen-bond acceptors (Lipinski definition) is 2. The van der Waals surface area contributed by atoms with Crippen molar-refractivity contribution in [1.29, 1.82) is 0 Å². The Balaban J connectivity index is 2.25. The predicted molar refractivity (Wildman–Crippen MR) is 77.6 cm³/mol. The minimum absolute atomic E-state index is 0.229. The Hall–Kier alpha value is -1.88. The van der Waals surface area contributed by atoms with E-state index >= 15 is 0 Å². The molecule has 3 nitrogen and oxygen atoms in total. The van der Waals surface area contributed by atoms with Gasteiger partial charge in [0.1, 0.15) is 5.82 Å². The number of benzene rings is 2. The number of halogens is 2. The third-order valence-electron chi connectivity index (χ3n) is 2.58. The minimum Gasteiger partial charge on any atom is -0.397 e. The molecular weight excluding hydrogens is 311 g/mol. The average Bonchev–Trinajstić information content (AvgIpc) is 2.31. The molecule has 0 bridgehead atoms. The topological polar surface area (TPSA) is 55.1 Å². The molecule has 2 aromatic carbocycles. The van der Waals surface area contributed by atoms with Crippen LogP contribution in [-0.4, -0.2) is 5.91 Å². The van der Waals surface area contributed by atoms with Crippen LogP contribution in [0.25, 0.3) is 0 Å². The zero-order valence-electron chi connectivity index (χ0n) is 10.2. The maximum absolute atomic E-state index is 13.2. The van der Waals surface area contributed by atoms with Crippen LogP contribution in [0.1, 0.15) is 15.9 Å². The van der Waals surface area contributed by atoms with Crippen molar-refractivity contribution in [3.8, 4) is 0 Å². The molecule has 0 radical (unpaired) electrons. The normalized spacial score (nSPS) is 10.3. The molecule has 0 spiro atoms. The smallest absolute Gasteiger partial charge is 0.255 e. The van der Waals surface area contributed by atoms with Gasteiger partial charge in [-0.2, -0.15) is 0 Å². The van der Waals surface area contributed by atoms with Crippen LogP contribution < -0.4 is 11.1 Å². The van der Waals surface area contributed by atoms with Crippen molar-refractivity contribution in [2.24, 2.45) is 0 Å². The number of nitrogens with one attached hydrogen (secondary N) is 1. The van der Waals surface area contributed by atoms with Gasteiger partial charge in [-0.3, -0.25) is 4.79 Å². The van der Waals surface area contributed by atoms with Gasteiger partial charge in [-0.25, -0.2) is 4.39 Å². The van der Waals surface area contributed by atoms with Crippen molar-refractivity contribution >= 4 is 33.2 Å². The highest BCUT2D eigenvalue weighted by atomic mass is 79.9. The maximum Gasteiger partial charge on any atom is 0.255 e. The number of nitrogens with two attached hydrogens (primary N) is 1. The number of anilines is 2. The van der Waals surface area contributed by atoms with E-state index in [1.165, 1.54) is 12.1 Å². The van der Waals surface area contributed by atoms with E-state index in [4.69, 9.17) is 5.73 Å². The molecule has 0 saturated heterocycles. The van der Waals surface area contributed by atoms with Crippen molar-refractivity contribution in [1.82, 2.24) is 0 Å². The van der Waals surface area contributed by atoms with Gasteiger partial charge < -0.3 is 11.1 Å². The fourth-order valence-corrected chi connectivity index (χ4v) is 2.14. The quantitative estimate of drug-likeness (QED) is 0.828. The lowest BCUT2D eigenvalue weighted by atomic mass is 10.1. The largest absolute Gasteiger partial charge is 0.397 e. The minimum atomic E-state index is -0.476. The summed E-state index contributed by atoms with van der Waals surface area (Å²) in [6.07, 6.45) is 0. The highest BCUT2D eigenvalue weighted by Crippen LogP contribution is 2.21. The molecule has 0 saturated carbocycles. The van der Waals surface area contributed by atoms with Crippen LogP contribution in [0, 0.1) is 12.7 Å². The summed E-state index contributed by atoms with van der Waals surface area (Å²) >= 11 is 3.15. The number of nitrogen functional groups attached to an aromatic ring is 1. The summed E-state index contributed by atoms with van der Waals surface area (Å²) in [4.78, 5) is 12.0. The first-order valence-corrected chi connectivity index (χ1v) is 6.38. The molecule has 3 N–H and O–H groups in total. The summed E-state index contributed by atoms with van der Waals surface area (Å²) in [6, 6.07) is 9.33. The Morgan fingerprint density at radius 1 is 1.26 bits per heavy atom. The molecule has 0 aliphatic heterocycles. The highest BCUT2D eigenvalue weighted by Gasteiger charge is 2.10. The summed E-state index contributed by atoms with van der Waals surface area (Å²) in [6.45, 7) is 1.91. The summed E-state index contributed by atoms with van der Waals surface area (Å²) < 4.78 is 13.7. The van der Waals surface area contributed by atoms with Crippen molar-refractivity contribution in [2.75, 3.05) is 11.1 Å². The van der Waals surface area contributed by atoms with Gasteiger partial charge in [-0.05, 0) is 42.8 Å². The van der Waals surface area contributed by atoms with Gasteiger partial charge in [0, 0.05) is 10.0 Å². The Bertz CT molecular complexity index is 623. The number of hydrogen-bond donors (Lipinski definition) is 2. The van der Waals surface area contributed by atoms with E-state index in [9.17, 15) is 9.18 Å². The third kappa shape index (κ3) is 3.32. The number of aryl methyl sites for hydroxylation is 1. The van der Waals surface area contributed by atoms with Crippen LogP contribution in [0.15, 0.2) is 40.9 Å². The fourth-order valence-electron chi connectivity index (χ4n) is 1.68. The molecule has 98 valence electrons. The van der Waals surface area contributed by atoms with Gasteiger partial charge in [-0.1, -0.05) is 22.0 Å². The van der Waals surface area contributed by atoms with Crippen LogP contribution in [0.4, 0.5) is 15.8 Å². The Morgan fingerprint density at radius 2 is 2.00 bits per heavy atom. The number of amides is 1. The molecule has 1 amide bonds. The SMILES string of the molecule is Cc1ccc(NC(=O)c2cc(F)cc(Br)c2)c(N)c1. The second kappa shape index (κ2) is 5.40. The lowest BCUT2D eigenvalue weighted by molar-refractivity contribution is 0.102. The van der Waals surface area contributed by atoms with Crippen LogP contribution in [0.3, 0.4) is 0 Å². The first-order chi connectivity index (χ1) is 8.95. The van der Waals surface area contributed by atoms with Crippen LogP contribution in [0.5, 0.6) is 0 Å². The zero-order chi connectivity index (χ0) is 14.0. The van der Waals surface area contributed by atoms with E-state index in [0.717, 1.165) is 5.56 Å². The van der Waals surface area contributed by atoms with Crippen LogP contribution in [0.2, 0.25) is 0 Å². The second-order valence-corrected chi connectivity index (χ2v) is 5.12. The molecule has 0 unspecified atom stereocenters. The monoisotopic (exact) mass is 322 g/mol. The molecule has 0 atom stereocenters. The first kappa shape index (κ1) is 13.5. The molecule has 0 aliphatic rings. The fraction of sp³-hybridized carbons (Fsp3) is 0.0714. The van der Waals surface area contributed by atoms with E-state index in [2.05, 4.69) is 21.2 Å². The van der Waals surface area contributed by atoms with Crippen molar-refractivity contribution in [2.45, 2.75) is 6.92 Å². The molecule has 19 heavy (non-hydrogen) atoms. The maximum atomic E-state index is 13.2. The van der Waals surface area contributed by atoms with E-state index in [0.29, 0.717) is 15.8 Å². The molecule has 0 fully saturated rings. The lowest BCUT2D eigenvalue weighted by Gasteiger charge is -2.09. The summed E-state index contributed by atoms with van der Waals surface area (Å²) in [7, 11) is 0. The van der Waals surface area contributed by atoms with E-state index < -0.39 is 11.7 Å². The van der Waals surface area contributed by atoms with Gasteiger partial charge >= 0.3 is 0 Å². The number of carbonyl (C=O) groups excluding carboxylic acids is 1. The van der Waals surface area contributed by atoms with E-state index in [1.54, 1.807) is 18.2 Å². The Morgan fingerprint density at radius 3 is 2.63 bits per heavy atom. The number of carbonyl (C=O) groups is 1. The molecule has 0 aliphatic carbocycles. The van der Waals surface area contributed by atoms with Gasteiger partial charge in [0.25, 0.3) is 5.91 Å². The first-order valence-electron chi connectivity index (χ1n) is 5.59. The van der Waals surface area contributed by atoms with E-state index in [1.807, 2.05) is 13.0 Å².